The zero-order valence-corrected chi connectivity index (χ0v) is 13.3. The first-order chi connectivity index (χ1) is 11.5. The molecular formula is C15H19NO8. The molecule has 132 valence electrons. The number of ether oxygens (including phenoxy) is 4. The topological polar surface area (TPSA) is 114 Å². The largest absolute Gasteiger partial charge is 0.513 e. The van der Waals surface area contributed by atoms with Gasteiger partial charge in [0, 0.05) is 18.6 Å². The minimum absolute atomic E-state index is 0.000734. The Labute approximate surface area is 138 Å². The summed E-state index contributed by atoms with van der Waals surface area (Å²) in [7, 11) is 0. The third-order valence-corrected chi connectivity index (χ3v) is 2.67. The van der Waals surface area contributed by atoms with E-state index in [-0.39, 0.29) is 30.4 Å². The average Bonchev–Trinajstić information content (AvgIpc) is 2.53. The highest BCUT2D eigenvalue weighted by molar-refractivity contribution is 5.75. The first-order valence-corrected chi connectivity index (χ1v) is 7.23. The summed E-state index contributed by atoms with van der Waals surface area (Å²) in [5, 5.41) is 10.5. The first-order valence-electron chi connectivity index (χ1n) is 7.23. The minimum Gasteiger partial charge on any atom is -0.432 e. The minimum atomic E-state index is -0.926. The molecule has 1 rings (SSSR count). The van der Waals surface area contributed by atoms with Crippen molar-refractivity contribution in [3.8, 4) is 5.75 Å². The monoisotopic (exact) mass is 341 g/mol. The lowest BCUT2D eigenvalue weighted by Gasteiger charge is -2.07. The molecule has 1 aromatic carbocycles. The molecule has 0 N–H and O–H groups in total. The van der Waals surface area contributed by atoms with Crippen LogP contribution >= 0.6 is 0 Å². The quantitative estimate of drug-likeness (QED) is 0.198. The van der Waals surface area contributed by atoms with Crippen LogP contribution in [0.3, 0.4) is 0 Å². The van der Waals surface area contributed by atoms with Crippen molar-refractivity contribution in [2.24, 2.45) is 0 Å². The van der Waals surface area contributed by atoms with Crippen LogP contribution in [0.15, 0.2) is 24.3 Å². The van der Waals surface area contributed by atoms with Crippen LogP contribution in [0.2, 0.25) is 0 Å². The summed E-state index contributed by atoms with van der Waals surface area (Å²) in [6.07, 6.45) is -0.553. The molecule has 1 aromatic rings. The van der Waals surface area contributed by atoms with Gasteiger partial charge in [0.15, 0.2) is 0 Å². The fourth-order valence-electron chi connectivity index (χ4n) is 1.48. The van der Waals surface area contributed by atoms with Crippen molar-refractivity contribution in [2.75, 3.05) is 33.0 Å². The number of hydrogen-bond donors (Lipinski definition) is 0. The summed E-state index contributed by atoms with van der Waals surface area (Å²) in [5.74, 6) is 0.209. The summed E-state index contributed by atoms with van der Waals surface area (Å²) in [4.78, 5) is 32.0. The lowest BCUT2D eigenvalue weighted by Crippen LogP contribution is -2.16. The van der Waals surface area contributed by atoms with Crippen LogP contribution in [0.25, 0.3) is 0 Å². The normalized spacial score (nSPS) is 10.2. The van der Waals surface area contributed by atoms with E-state index in [0.29, 0.717) is 26.2 Å². The number of carbonyl (C=O) groups excluding carboxylic acids is 2. The molecule has 24 heavy (non-hydrogen) atoms. The van der Waals surface area contributed by atoms with Crippen LogP contribution in [0.4, 0.5) is 10.5 Å². The number of rotatable bonds is 11. The van der Waals surface area contributed by atoms with Crippen LogP contribution < -0.4 is 4.74 Å². The van der Waals surface area contributed by atoms with E-state index in [4.69, 9.17) is 18.9 Å². The number of Topliss-reactive ketones (excluding diaryl/α,β-unsaturated/α-hetero) is 1. The molecule has 0 bridgehead atoms. The fraction of sp³-hybridized carbons (Fsp3) is 0.467. The third-order valence-electron chi connectivity index (χ3n) is 2.67. The number of nitrogens with zero attached hydrogens (tertiary/aromatic N) is 1. The number of hydrogen-bond acceptors (Lipinski definition) is 8. The Balaban J connectivity index is 2.05. The van der Waals surface area contributed by atoms with E-state index in [0.717, 1.165) is 0 Å². The van der Waals surface area contributed by atoms with Crippen LogP contribution in [0, 0.1) is 10.1 Å². The Morgan fingerprint density at radius 1 is 1.00 bits per heavy atom. The first kappa shape index (κ1) is 19.5. The van der Waals surface area contributed by atoms with E-state index < -0.39 is 11.1 Å². The summed E-state index contributed by atoms with van der Waals surface area (Å²) in [6, 6.07) is 5.04. The van der Waals surface area contributed by atoms with Gasteiger partial charge in [0.1, 0.15) is 18.1 Å². The van der Waals surface area contributed by atoms with Crippen LogP contribution in [-0.2, 0) is 19.0 Å². The Morgan fingerprint density at radius 3 is 2.17 bits per heavy atom. The van der Waals surface area contributed by atoms with E-state index in [2.05, 4.69) is 0 Å². The Hall–Kier alpha value is -2.52. The molecule has 0 spiro atoms. The number of benzene rings is 1. The van der Waals surface area contributed by atoms with Gasteiger partial charge in [-0.1, -0.05) is 0 Å². The van der Waals surface area contributed by atoms with Gasteiger partial charge in [0.25, 0.3) is 5.69 Å². The molecule has 0 aromatic heterocycles. The second kappa shape index (κ2) is 11.1. The predicted molar refractivity (Wildman–Crippen MR) is 82.0 cm³/mol. The van der Waals surface area contributed by atoms with Crippen LogP contribution in [0.5, 0.6) is 5.75 Å². The zero-order valence-electron chi connectivity index (χ0n) is 13.3. The molecule has 0 amide bonds. The number of non-ortho nitro benzene ring substituents is 1. The van der Waals surface area contributed by atoms with Gasteiger partial charge in [0.2, 0.25) is 0 Å². The molecule has 9 heteroatoms. The van der Waals surface area contributed by atoms with Crippen molar-refractivity contribution in [3.63, 3.8) is 0 Å². The van der Waals surface area contributed by atoms with Gasteiger partial charge in [-0.05, 0) is 19.1 Å². The molecule has 0 heterocycles. The smallest absolute Gasteiger partial charge is 0.432 e. The predicted octanol–water partition coefficient (Wildman–Crippen LogP) is 2.12. The van der Waals surface area contributed by atoms with Gasteiger partial charge >= 0.3 is 6.16 Å². The molecule has 9 nitrogen and oxygen atoms in total. The highest BCUT2D eigenvalue weighted by Gasteiger charge is 2.09. The maximum atomic E-state index is 11.4. The third kappa shape index (κ3) is 8.81. The van der Waals surface area contributed by atoms with Crippen LogP contribution in [-0.4, -0.2) is 49.9 Å². The summed E-state index contributed by atoms with van der Waals surface area (Å²) < 4.78 is 19.9. The molecule has 0 saturated carbocycles. The summed E-state index contributed by atoms with van der Waals surface area (Å²) in [6.45, 7) is 2.69. The molecule has 0 atom stereocenters. The molecule has 0 aliphatic heterocycles. The molecule has 0 aliphatic rings. The Kier molecular flexibility index (Phi) is 9.02. The van der Waals surface area contributed by atoms with E-state index in [1.165, 1.54) is 31.2 Å². The van der Waals surface area contributed by atoms with Gasteiger partial charge in [-0.3, -0.25) is 14.9 Å². The van der Waals surface area contributed by atoms with Crippen molar-refractivity contribution in [1.82, 2.24) is 0 Å². The highest BCUT2D eigenvalue weighted by Crippen LogP contribution is 2.17. The summed E-state index contributed by atoms with van der Waals surface area (Å²) in [5.41, 5.74) is -0.102. The number of ketones is 1. The molecule has 0 fully saturated rings. The van der Waals surface area contributed by atoms with E-state index >= 15 is 0 Å². The Bertz CT molecular complexity index is 543. The second-order valence-electron chi connectivity index (χ2n) is 4.63. The molecule has 0 unspecified atom stereocenters. The van der Waals surface area contributed by atoms with Gasteiger partial charge in [-0.15, -0.1) is 0 Å². The highest BCUT2D eigenvalue weighted by atomic mass is 16.7. The standard InChI is InChI=1S/C15H19NO8/c1-12(17)6-7-21-8-9-22-10-11-23-15(18)24-14-4-2-13(3-5-14)16(19)20/h2-5H,6-11H2,1H3. The molecule has 0 aliphatic carbocycles. The van der Waals surface area contributed by atoms with Crippen molar-refractivity contribution in [1.29, 1.82) is 0 Å². The van der Waals surface area contributed by atoms with Gasteiger partial charge < -0.3 is 18.9 Å². The second-order valence-corrected chi connectivity index (χ2v) is 4.63. The SMILES string of the molecule is CC(=O)CCOCCOCCOC(=O)Oc1ccc([N+](=O)[O-])cc1. The maximum Gasteiger partial charge on any atom is 0.513 e. The van der Waals surface area contributed by atoms with E-state index in [1.54, 1.807) is 0 Å². The Morgan fingerprint density at radius 2 is 1.58 bits per heavy atom. The number of nitro groups is 1. The lowest BCUT2D eigenvalue weighted by molar-refractivity contribution is -0.384. The average molecular weight is 341 g/mol. The summed E-state index contributed by atoms with van der Waals surface area (Å²) >= 11 is 0. The van der Waals surface area contributed by atoms with Gasteiger partial charge in [-0.25, -0.2) is 4.79 Å². The number of nitro benzene ring substituents is 1. The van der Waals surface area contributed by atoms with Crippen molar-refractivity contribution < 1.29 is 33.5 Å². The van der Waals surface area contributed by atoms with Gasteiger partial charge in [0.05, 0.1) is 31.4 Å². The van der Waals surface area contributed by atoms with Gasteiger partial charge in [-0.2, -0.15) is 0 Å². The van der Waals surface area contributed by atoms with Crippen LogP contribution in [0.1, 0.15) is 13.3 Å². The van der Waals surface area contributed by atoms with E-state index in [9.17, 15) is 19.7 Å². The van der Waals surface area contributed by atoms with Crippen molar-refractivity contribution in [3.05, 3.63) is 34.4 Å². The lowest BCUT2D eigenvalue weighted by atomic mass is 10.3. The molecular weight excluding hydrogens is 322 g/mol. The fourth-order valence-corrected chi connectivity index (χ4v) is 1.48. The van der Waals surface area contributed by atoms with Crippen molar-refractivity contribution >= 4 is 17.6 Å². The molecule has 0 saturated heterocycles. The van der Waals surface area contributed by atoms with Crippen molar-refractivity contribution in [2.45, 2.75) is 13.3 Å². The molecule has 0 radical (unpaired) electrons. The van der Waals surface area contributed by atoms with E-state index in [1.807, 2.05) is 0 Å². The number of carbonyl (C=O) groups is 2. The maximum absolute atomic E-state index is 11.4. The zero-order chi connectivity index (χ0) is 17.8.